The second-order valence-corrected chi connectivity index (χ2v) is 10.2. The van der Waals surface area contributed by atoms with Gasteiger partial charge >= 0.3 is 0 Å². The highest BCUT2D eigenvalue weighted by molar-refractivity contribution is 7.89. The van der Waals surface area contributed by atoms with Crippen LogP contribution in [0.2, 0.25) is 0 Å². The Balaban J connectivity index is 1.53. The molecule has 2 aromatic carbocycles. The van der Waals surface area contributed by atoms with Crippen LogP contribution in [0.25, 0.3) is 0 Å². The highest BCUT2D eigenvalue weighted by Gasteiger charge is 2.43. The number of carbonyl (C=O) groups excluding carboxylic acids is 1. The van der Waals surface area contributed by atoms with Gasteiger partial charge in [0.1, 0.15) is 5.75 Å². The molecule has 1 amide bonds. The van der Waals surface area contributed by atoms with Gasteiger partial charge in [0.15, 0.2) is 0 Å². The Kier molecular flexibility index (Phi) is 5.02. The lowest BCUT2D eigenvalue weighted by Crippen LogP contribution is -2.48. The number of rotatable bonds is 4. The summed E-state index contributed by atoms with van der Waals surface area (Å²) in [7, 11) is -0.272. The standard InChI is InChI=1S/C22H27N3O4S/c1-22(2)19-15-18(9-10-20(19)23(3)21(22)26)30(27,28)25-13-11-24(12-14-25)16-5-7-17(29-4)8-6-16/h5-10,15H,11-14H2,1-4H3. The second kappa shape index (κ2) is 7.28. The van der Waals surface area contributed by atoms with E-state index in [1.54, 1.807) is 37.3 Å². The van der Waals surface area contributed by atoms with Gasteiger partial charge in [-0.2, -0.15) is 4.31 Å². The molecule has 2 aromatic rings. The van der Waals surface area contributed by atoms with E-state index in [-0.39, 0.29) is 10.8 Å². The SMILES string of the molecule is COc1ccc(N2CCN(S(=O)(=O)c3ccc4c(c3)C(C)(C)C(=O)N4C)CC2)cc1. The van der Waals surface area contributed by atoms with Crippen molar-refractivity contribution < 1.29 is 17.9 Å². The van der Waals surface area contributed by atoms with E-state index in [1.165, 1.54) is 4.31 Å². The molecule has 8 heteroatoms. The van der Waals surface area contributed by atoms with E-state index in [2.05, 4.69) is 4.90 Å². The van der Waals surface area contributed by atoms with Crippen molar-refractivity contribution in [3.05, 3.63) is 48.0 Å². The van der Waals surface area contributed by atoms with Crippen LogP contribution in [0.15, 0.2) is 47.4 Å². The third kappa shape index (κ3) is 3.24. The van der Waals surface area contributed by atoms with Crippen LogP contribution in [0, 0.1) is 0 Å². The highest BCUT2D eigenvalue weighted by Crippen LogP contribution is 2.42. The summed E-state index contributed by atoms with van der Waals surface area (Å²) in [6.07, 6.45) is 0. The Labute approximate surface area is 177 Å². The molecule has 2 heterocycles. The maximum absolute atomic E-state index is 13.3. The molecule has 2 aliphatic rings. The smallest absolute Gasteiger partial charge is 0.243 e. The van der Waals surface area contributed by atoms with Gasteiger partial charge in [-0.15, -0.1) is 0 Å². The van der Waals surface area contributed by atoms with Gasteiger partial charge < -0.3 is 14.5 Å². The number of ether oxygens (including phenoxy) is 1. The molecule has 1 fully saturated rings. The molecular weight excluding hydrogens is 402 g/mol. The number of nitrogens with zero attached hydrogens (tertiary/aromatic N) is 3. The number of likely N-dealkylation sites (N-methyl/N-ethyl adjacent to an activating group) is 1. The van der Waals surface area contributed by atoms with Crippen molar-refractivity contribution in [3.63, 3.8) is 0 Å². The van der Waals surface area contributed by atoms with Crippen molar-refractivity contribution in [2.24, 2.45) is 0 Å². The predicted molar refractivity (Wildman–Crippen MR) is 117 cm³/mol. The zero-order chi connectivity index (χ0) is 21.7. The van der Waals surface area contributed by atoms with Crippen molar-refractivity contribution in [1.29, 1.82) is 0 Å². The minimum atomic E-state index is -3.63. The largest absolute Gasteiger partial charge is 0.497 e. The van der Waals surface area contributed by atoms with Gasteiger partial charge in [0.25, 0.3) is 0 Å². The minimum absolute atomic E-state index is 0.0276. The highest BCUT2D eigenvalue weighted by atomic mass is 32.2. The summed E-state index contributed by atoms with van der Waals surface area (Å²) in [6, 6.07) is 12.8. The van der Waals surface area contributed by atoms with E-state index in [1.807, 2.05) is 38.1 Å². The maximum Gasteiger partial charge on any atom is 0.243 e. The lowest BCUT2D eigenvalue weighted by Gasteiger charge is -2.35. The monoisotopic (exact) mass is 429 g/mol. The van der Waals surface area contributed by atoms with Crippen molar-refractivity contribution in [2.75, 3.05) is 50.1 Å². The molecule has 0 saturated carbocycles. The van der Waals surface area contributed by atoms with Crippen LogP contribution in [-0.2, 0) is 20.2 Å². The molecule has 1 saturated heterocycles. The van der Waals surface area contributed by atoms with E-state index in [0.29, 0.717) is 26.2 Å². The first kappa shape index (κ1) is 20.7. The number of hydrogen-bond donors (Lipinski definition) is 0. The van der Waals surface area contributed by atoms with Gasteiger partial charge in [-0.1, -0.05) is 0 Å². The number of amides is 1. The van der Waals surface area contributed by atoms with Crippen LogP contribution in [-0.4, -0.2) is 59.0 Å². The van der Waals surface area contributed by atoms with Gasteiger partial charge in [0.05, 0.1) is 17.4 Å². The summed E-state index contributed by atoms with van der Waals surface area (Å²) in [5.74, 6) is 0.767. The molecule has 0 spiro atoms. The Morgan fingerprint density at radius 1 is 0.967 bits per heavy atom. The topological polar surface area (TPSA) is 70.2 Å². The molecule has 0 aliphatic carbocycles. The number of piperazine rings is 1. The van der Waals surface area contributed by atoms with E-state index in [0.717, 1.165) is 22.7 Å². The molecule has 0 unspecified atom stereocenters. The summed E-state index contributed by atoms with van der Waals surface area (Å²) in [4.78, 5) is 16.5. The van der Waals surface area contributed by atoms with Crippen molar-refractivity contribution in [2.45, 2.75) is 24.2 Å². The number of carbonyl (C=O) groups is 1. The molecular formula is C22H27N3O4S. The van der Waals surface area contributed by atoms with Crippen molar-refractivity contribution >= 4 is 27.3 Å². The molecule has 0 atom stereocenters. The molecule has 160 valence electrons. The van der Waals surface area contributed by atoms with Gasteiger partial charge in [-0.3, -0.25) is 4.79 Å². The maximum atomic E-state index is 13.3. The van der Waals surface area contributed by atoms with E-state index in [4.69, 9.17) is 4.74 Å². The van der Waals surface area contributed by atoms with Crippen molar-refractivity contribution in [3.8, 4) is 5.75 Å². The fraction of sp³-hybridized carbons (Fsp3) is 0.409. The first-order valence-corrected chi connectivity index (χ1v) is 11.4. The number of anilines is 2. The fourth-order valence-electron chi connectivity index (χ4n) is 4.24. The van der Waals surface area contributed by atoms with Crippen LogP contribution in [0.5, 0.6) is 5.75 Å². The van der Waals surface area contributed by atoms with Crippen LogP contribution in [0.1, 0.15) is 19.4 Å². The second-order valence-electron chi connectivity index (χ2n) is 8.26. The number of fused-ring (bicyclic) bond motifs is 1. The van der Waals surface area contributed by atoms with Crippen LogP contribution < -0.4 is 14.5 Å². The van der Waals surface area contributed by atoms with E-state index < -0.39 is 15.4 Å². The third-order valence-electron chi connectivity index (χ3n) is 6.16. The minimum Gasteiger partial charge on any atom is -0.497 e. The Morgan fingerprint density at radius 2 is 1.60 bits per heavy atom. The quantitative estimate of drug-likeness (QED) is 0.747. The molecule has 0 aromatic heterocycles. The first-order valence-electron chi connectivity index (χ1n) is 9.98. The van der Waals surface area contributed by atoms with E-state index in [9.17, 15) is 13.2 Å². The van der Waals surface area contributed by atoms with Gasteiger partial charge in [-0.05, 0) is 61.9 Å². The summed E-state index contributed by atoms with van der Waals surface area (Å²) in [6.45, 7) is 5.72. The normalized spacial score (nSPS) is 19.1. The fourth-order valence-corrected chi connectivity index (χ4v) is 5.69. The van der Waals surface area contributed by atoms with Crippen molar-refractivity contribution in [1.82, 2.24) is 4.31 Å². The zero-order valence-corrected chi connectivity index (χ0v) is 18.6. The lowest BCUT2D eigenvalue weighted by molar-refractivity contribution is -0.121. The number of benzene rings is 2. The molecule has 0 radical (unpaired) electrons. The number of methoxy groups -OCH3 is 1. The summed E-state index contributed by atoms with van der Waals surface area (Å²) in [5, 5.41) is 0. The van der Waals surface area contributed by atoms with Gasteiger partial charge in [0.2, 0.25) is 15.9 Å². The predicted octanol–water partition coefficient (Wildman–Crippen LogP) is 2.46. The first-order chi connectivity index (χ1) is 14.2. The van der Waals surface area contributed by atoms with Crippen LogP contribution in [0.3, 0.4) is 0 Å². The Bertz CT molecular complexity index is 1070. The summed E-state index contributed by atoms with van der Waals surface area (Å²) < 4.78 is 33.3. The Morgan fingerprint density at radius 3 is 2.20 bits per heavy atom. The molecule has 0 N–H and O–H groups in total. The van der Waals surface area contributed by atoms with Gasteiger partial charge in [-0.25, -0.2) is 8.42 Å². The average molecular weight is 430 g/mol. The molecule has 0 bridgehead atoms. The lowest BCUT2D eigenvalue weighted by atomic mass is 9.86. The number of hydrogen-bond acceptors (Lipinski definition) is 5. The molecule has 30 heavy (non-hydrogen) atoms. The third-order valence-corrected chi connectivity index (χ3v) is 8.05. The van der Waals surface area contributed by atoms with Gasteiger partial charge in [0, 0.05) is 44.6 Å². The summed E-state index contributed by atoms with van der Waals surface area (Å²) >= 11 is 0. The van der Waals surface area contributed by atoms with E-state index >= 15 is 0 Å². The summed E-state index contributed by atoms with van der Waals surface area (Å²) in [5.41, 5.74) is 1.85. The molecule has 7 nitrogen and oxygen atoms in total. The van der Waals surface area contributed by atoms with Crippen LogP contribution in [0.4, 0.5) is 11.4 Å². The molecule has 4 rings (SSSR count). The average Bonchev–Trinajstić information content (AvgIpc) is 2.94. The molecule has 2 aliphatic heterocycles. The Hall–Kier alpha value is -2.58. The zero-order valence-electron chi connectivity index (χ0n) is 17.8. The van der Waals surface area contributed by atoms with Crippen LogP contribution >= 0.6 is 0 Å². The number of sulfonamides is 1.